The molecule has 1 saturated carbocycles. The molecule has 4 nitrogen and oxygen atoms in total. The second-order valence-corrected chi connectivity index (χ2v) is 7.60. The largest absolute Gasteiger partial charge is 0.481 e. The van der Waals surface area contributed by atoms with E-state index in [1.807, 2.05) is 11.4 Å². The fraction of sp³-hybridized carbons (Fsp3) is 0.412. The van der Waals surface area contributed by atoms with E-state index in [9.17, 15) is 4.79 Å². The lowest BCUT2D eigenvalue weighted by molar-refractivity contribution is -0.136. The highest BCUT2D eigenvalue weighted by molar-refractivity contribution is 7.14. The SMILES string of the molecule is O=C(O)CCN(c1nc(-c2ccc(Cl)cc2Cl)cs1)C1CCCC1. The van der Waals surface area contributed by atoms with Crippen LogP contribution in [-0.4, -0.2) is 28.6 Å². The molecule has 1 N–H and O–H groups in total. The van der Waals surface area contributed by atoms with Gasteiger partial charge in [0.15, 0.2) is 5.13 Å². The summed E-state index contributed by atoms with van der Waals surface area (Å²) in [5, 5.41) is 13.0. The molecule has 0 aliphatic heterocycles. The molecular formula is C17H18Cl2N2O2S. The van der Waals surface area contributed by atoms with Gasteiger partial charge in [-0.2, -0.15) is 0 Å². The molecule has 0 bridgehead atoms. The first kappa shape index (κ1) is 17.5. The molecule has 0 atom stereocenters. The maximum atomic E-state index is 11.0. The normalized spacial score (nSPS) is 14.9. The predicted octanol–water partition coefficient (Wildman–Crippen LogP) is 5.34. The third-order valence-electron chi connectivity index (χ3n) is 4.28. The van der Waals surface area contributed by atoms with Gasteiger partial charge in [-0.3, -0.25) is 4.79 Å². The van der Waals surface area contributed by atoms with Gasteiger partial charge in [0.2, 0.25) is 0 Å². The summed E-state index contributed by atoms with van der Waals surface area (Å²) in [5.41, 5.74) is 1.64. The van der Waals surface area contributed by atoms with E-state index in [4.69, 9.17) is 33.3 Å². The van der Waals surface area contributed by atoms with Crippen LogP contribution in [0.25, 0.3) is 11.3 Å². The van der Waals surface area contributed by atoms with Crippen LogP contribution >= 0.6 is 34.5 Å². The maximum absolute atomic E-state index is 11.0. The van der Waals surface area contributed by atoms with Crippen molar-refractivity contribution in [1.29, 1.82) is 0 Å². The van der Waals surface area contributed by atoms with E-state index in [2.05, 4.69) is 4.90 Å². The smallest absolute Gasteiger partial charge is 0.305 e. The van der Waals surface area contributed by atoms with Crippen molar-refractivity contribution < 1.29 is 9.90 Å². The summed E-state index contributed by atoms with van der Waals surface area (Å²) in [6, 6.07) is 5.74. The summed E-state index contributed by atoms with van der Waals surface area (Å²) < 4.78 is 0. The zero-order valence-corrected chi connectivity index (χ0v) is 15.4. The minimum atomic E-state index is -0.782. The summed E-state index contributed by atoms with van der Waals surface area (Å²) in [6.45, 7) is 0.487. The highest BCUT2D eigenvalue weighted by atomic mass is 35.5. The molecule has 1 aliphatic rings. The van der Waals surface area contributed by atoms with E-state index in [0.29, 0.717) is 22.6 Å². The molecule has 128 valence electrons. The Kier molecular flexibility index (Phi) is 5.64. The summed E-state index contributed by atoms with van der Waals surface area (Å²) in [5.74, 6) is -0.782. The number of aliphatic carboxylic acids is 1. The van der Waals surface area contributed by atoms with Crippen LogP contribution in [0.2, 0.25) is 10.0 Å². The Morgan fingerprint density at radius 2 is 2.08 bits per heavy atom. The van der Waals surface area contributed by atoms with Gasteiger partial charge in [-0.15, -0.1) is 11.3 Å². The molecule has 1 aromatic carbocycles. The predicted molar refractivity (Wildman–Crippen MR) is 99.4 cm³/mol. The maximum Gasteiger partial charge on any atom is 0.305 e. The van der Waals surface area contributed by atoms with E-state index in [1.54, 1.807) is 12.1 Å². The van der Waals surface area contributed by atoms with Crippen LogP contribution in [0.1, 0.15) is 32.1 Å². The number of aromatic nitrogens is 1. The van der Waals surface area contributed by atoms with Crippen LogP contribution in [0.5, 0.6) is 0 Å². The van der Waals surface area contributed by atoms with E-state index in [1.165, 1.54) is 24.2 Å². The van der Waals surface area contributed by atoms with Gasteiger partial charge in [0.25, 0.3) is 0 Å². The van der Waals surface area contributed by atoms with Crippen LogP contribution in [0.4, 0.5) is 5.13 Å². The van der Waals surface area contributed by atoms with Crippen molar-refractivity contribution >= 4 is 45.6 Å². The summed E-state index contributed by atoms with van der Waals surface area (Å²) in [4.78, 5) is 17.8. The summed E-state index contributed by atoms with van der Waals surface area (Å²) >= 11 is 13.8. The molecule has 1 fully saturated rings. The lowest BCUT2D eigenvalue weighted by Crippen LogP contribution is -2.35. The number of rotatable bonds is 6. The third kappa shape index (κ3) is 4.02. The van der Waals surface area contributed by atoms with Gasteiger partial charge >= 0.3 is 5.97 Å². The van der Waals surface area contributed by atoms with Crippen LogP contribution in [0, 0.1) is 0 Å². The summed E-state index contributed by atoms with van der Waals surface area (Å²) in [6.07, 6.45) is 4.69. The Balaban J connectivity index is 1.86. The molecule has 0 saturated heterocycles. The minimum Gasteiger partial charge on any atom is -0.481 e. The van der Waals surface area contributed by atoms with Crippen molar-refractivity contribution in [2.75, 3.05) is 11.4 Å². The number of hydrogen-bond donors (Lipinski definition) is 1. The molecule has 2 aromatic rings. The molecule has 0 amide bonds. The number of thiazole rings is 1. The molecular weight excluding hydrogens is 367 g/mol. The Morgan fingerprint density at radius 1 is 1.33 bits per heavy atom. The minimum absolute atomic E-state index is 0.118. The molecule has 3 rings (SSSR count). The van der Waals surface area contributed by atoms with Crippen molar-refractivity contribution in [3.05, 3.63) is 33.6 Å². The summed E-state index contributed by atoms with van der Waals surface area (Å²) in [7, 11) is 0. The first-order valence-electron chi connectivity index (χ1n) is 7.94. The Labute approximate surface area is 155 Å². The topological polar surface area (TPSA) is 53.4 Å². The van der Waals surface area contributed by atoms with Crippen LogP contribution in [0.3, 0.4) is 0 Å². The van der Waals surface area contributed by atoms with E-state index >= 15 is 0 Å². The van der Waals surface area contributed by atoms with Gasteiger partial charge < -0.3 is 10.0 Å². The number of halogens is 2. The van der Waals surface area contributed by atoms with Crippen LogP contribution in [-0.2, 0) is 4.79 Å². The third-order valence-corrected chi connectivity index (χ3v) is 5.70. The number of benzene rings is 1. The second kappa shape index (κ2) is 7.72. The van der Waals surface area contributed by atoms with Crippen LogP contribution < -0.4 is 4.90 Å². The highest BCUT2D eigenvalue weighted by Crippen LogP contribution is 2.36. The van der Waals surface area contributed by atoms with Gasteiger partial charge in [0.05, 0.1) is 17.1 Å². The van der Waals surface area contributed by atoms with Gasteiger partial charge in [0, 0.05) is 28.6 Å². The highest BCUT2D eigenvalue weighted by Gasteiger charge is 2.25. The molecule has 1 aliphatic carbocycles. The molecule has 0 spiro atoms. The van der Waals surface area contributed by atoms with E-state index in [0.717, 1.165) is 29.2 Å². The fourth-order valence-corrected chi connectivity index (χ4v) is 4.51. The first-order valence-corrected chi connectivity index (χ1v) is 9.57. The van der Waals surface area contributed by atoms with Crippen LogP contribution in [0.15, 0.2) is 23.6 Å². The number of nitrogens with zero attached hydrogens (tertiary/aromatic N) is 2. The lowest BCUT2D eigenvalue weighted by Gasteiger charge is -2.28. The van der Waals surface area contributed by atoms with Crippen molar-refractivity contribution in [3.63, 3.8) is 0 Å². The zero-order chi connectivity index (χ0) is 17.1. The van der Waals surface area contributed by atoms with Gasteiger partial charge in [0.1, 0.15) is 0 Å². The van der Waals surface area contributed by atoms with Crippen molar-refractivity contribution in [3.8, 4) is 11.3 Å². The van der Waals surface area contributed by atoms with Gasteiger partial charge in [-0.1, -0.05) is 36.0 Å². The van der Waals surface area contributed by atoms with Crippen molar-refractivity contribution in [1.82, 2.24) is 4.98 Å². The van der Waals surface area contributed by atoms with Gasteiger partial charge in [-0.05, 0) is 31.0 Å². The Bertz CT molecular complexity index is 729. The van der Waals surface area contributed by atoms with Crippen molar-refractivity contribution in [2.45, 2.75) is 38.1 Å². The standard InChI is InChI=1S/C17H18Cl2N2O2S/c18-11-5-6-13(14(19)9-11)15-10-24-17(20-15)21(8-7-16(22)23)12-3-1-2-4-12/h5-6,9-10,12H,1-4,7-8H2,(H,22,23). The van der Waals surface area contributed by atoms with E-state index < -0.39 is 5.97 Å². The molecule has 1 heterocycles. The van der Waals surface area contributed by atoms with E-state index in [-0.39, 0.29) is 6.42 Å². The van der Waals surface area contributed by atoms with Crippen molar-refractivity contribution in [2.24, 2.45) is 0 Å². The lowest BCUT2D eigenvalue weighted by atomic mass is 10.2. The molecule has 0 radical (unpaired) electrons. The average Bonchev–Trinajstić information content (AvgIpc) is 3.19. The quantitative estimate of drug-likeness (QED) is 0.729. The van der Waals surface area contributed by atoms with Gasteiger partial charge in [-0.25, -0.2) is 4.98 Å². The second-order valence-electron chi connectivity index (χ2n) is 5.91. The average molecular weight is 385 g/mol. The zero-order valence-electron chi connectivity index (χ0n) is 13.0. The number of carbonyl (C=O) groups is 1. The fourth-order valence-electron chi connectivity index (χ4n) is 3.08. The number of anilines is 1. The monoisotopic (exact) mass is 384 g/mol. The number of carboxylic acids is 1. The molecule has 24 heavy (non-hydrogen) atoms. The molecule has 1 aromatic heterocycles. The first-order chi connectivity index (χ1) is 11.5. The Hall–Kier alpha value is -1.30. The Morgan fingerprint density at radius 3 is 2.75 bits per heavy atom. The molecule has 0 unspecified atom stereocenters. The number of carboxylic acid groups (broad SMARTS) is 1. The molecule has 7 heteroatoms. The number of hydrogen-bond acceptors (Lipinski definition) is 4.